The monoisotopic (exact) mass is 349 g/mol. The Kier molecular flexibility index (Phi) is 5.12. The van der Waals surface area contributed by atoms with E-state index in [4.69, 9.17) is 0 Å². The summed E-state index contributed by atoms with van der Waals surface area (Å²) in [5, 5.41) is 2.92. The minimum atomic E-state index is -0.530. The quantitative estimate of drug-likeness (QED) is 0.850. The van der Waals surface area contributed by atoms with Gasteiger partial charge in [0.1, 0.15) is 5.82 Å². The van der Waals surface area contributed by atoms with Crippen LogP contribution in [0, 0.1) is 11.7 Å². The van der Waals surface area contributed by atoms with E-state index in [1.807, 2.05) is 44.2 Å². The summed E-state index contributed by atoms with van der Waals surface area (Å²) in [4.78, 5) is 12.4. The number of carbonyl (C=O) groups is 1. The predicted octanol–water partition coefficient (Wildman–Crippen LogP) is 4.72. The third-order valence-corrected chi connectivity index (χ3v) is 3.96. The molecule has 110 valence electrons. The van der Waals surface area contributed by atoms with Crippen LogP contribution in [0.4, 0.5) is 4.39 Å². The summed E-state index contributed by atoms with van der Waals surface area (Å²) in [7, 11) is 0. The van der Waals surface area contributed by atoms with Gasteiger partial charge in [0.05, 0.1) is 11.6 Å². The molecule has 2 nitrogen and oxygen atoms in total. The predicted molar refractivity (Wildman–Crippen MR) is 85.6 cm³/mol. The van der Waals surface area contributed by atoms with Gasteiger partial charge in [0, 0.05) is 4.47 Å². The minimum absolute atomic E-state index is 0.0408. The Hall–Kier alpha value is -1.68. The van der Waals surface area contributed by atoms with Crippen LogP contribution in [-0.2, 0) is 0 Å². The van der Waals surface area contributed by atoms with Gasteiger partial charge >= 0.3 is 0 Å². The van der Waals surface area contributed by atoms with Crippen LogP contribution in [-0.4, -0.2) is 5.91 Å². The molecule has 1 amide bonds. The van der Waals surface area contributed by atoms with Gasteiger partial charge in [-0.1, -0.05) is 50.2 Å². The molecule has 0 aromatic heterocycles. The SMILES string of the molecule is CC(C)C(NC(=O)c1c(F)cccc1Br)c1ccccc1. The lowest BCUT2D eigenvalue weighted by Gasteiger charge is -2.23. The molecule has 0 spiro atoms. The standard InChI is InChI=1S/C17H17BrFNO/c1-11(2)16(12-7-4-3-5-8-12)20-17(21)15-13(18)9-6-10-14(15)19/h3-11,16H,1-2H3,(H,20,21). The molecule has 0 aliphatic heterocycles. The van der Waals surface area contributed by atoms with Crippen molar-refractivity contribution in [2.45, 2.75) is 19.9 Å². The molecule has 2 aromatic carbocycles. The van der Waals surface area contributed by atoms with Crippen LogP contribution in [0.25, 0.3) is 0 Å². The summed E-state index contributed by atoms with van der Waals surface area (Å²) in [6.07, 6.45) is 0. The largest absolute Gasteiger partial charge is 0.345 e. The number of benzene rings is 2. The first-order valence-electron chi connectivity index (χ1n) is 6.80. The lowest BCUT2D eigenvalue weighted by molar-refractivity contribution is 0.0920. The molecule has 1 N–H and O–H groups in total. The van der Waals surface area contributed by atoms with E-state index in [0.717, 1.165) is 5.56 Å². The first-order valence-corrected chi connectivity index (χ1v) is 7.60. The molecule has 4 heteroatoms. The smallest absolute Gasteiger partial charge is 0.255 e. The Labute approximate surface area is 132 Å². The number of rotatable bonds is 4. The van der Waals surface area contributed by atoms with E-state index in [2.05, 4.69) is 21.2 Å². The van der Waals surface area contributed by atoms with Crippen molar-refractivity contribution in [3.63, 3.8) is 0 Å². The Morgan fingerprint density at radius 2 is 1.76 bits per heavy atom. The second-order valence-electron chi connectivity index (χ2n) is 5.20. The van der Waals surface area contributed by atoms with Crippen molar-refractivity contribution in [3.8, 4) is 0 Å². The second kappa shape index (κ2) is 6.85. The molecule has 0 bridgehead atoms. The number of hydrogen-bond donors (Lipinski definition) is 1. The Morgan fingerprint density at radius 3 is 2.33 bits per heavy atom. The zero-order chi connectivity index (χ0) is 15.4. The van der Waals surface area contributed by atoms with Gasteiger partial charge in [-0.2, -0.15) is 0 Å². The third-order valence-electron chi connectivity index (χ3n) is 3.30. The fourth-order valence-electron chi connectivity index (χ4n) is 2.22. The lowest BCUT2D eigenvalue weighted by atomic mass is 9.95. The van der Waals surface area contributed by atoms with E-state index in [1.165, 1.54) is 6.07 Å². The second-order valence-corrected chi connectivity index (χ2v) is 6.06. The first kappa shape index (κ1) is 15.7. The maximum absolute atomic E-state index is 13.9. The highest BCUT2D eigenvalue weighted by Gasteiger charge is 2.22. The van der Waals surface area contributed by atoms with Crippen LogP contribution < -0.4 is 5.32 Å². The van der Waals surface area contributed by atoms with Crippen LogP contribution in [0.1, 0.15) is 35.8 Å². The maximum Gasteiger partial charge on any atom is 0.255 e. The van der Waals surface area contributed by atoms with E-state index in [0.29, 0.717) is 4.47 Å². The summed E-state index contributed by atoms with van der Waals surface area (Å²) in [6, 6.07) is 14.0. The molecule has 0 saturated carbocycles. The molecule has 2 rings (SSSR count). The molecule has 0 radical (unpaired) electrons. The fraction of sp³-hybridized carbons (Fsp3) is 0.235. The van der Waals surface area contributed by atoms with Gasteiger partial charge in [-0.05, 0) is 39.5 Å². The molecule has 1 atom stereocenters. The van der Waals surface area contributed by atoms with Crippen LogP contribution >= 0.6 is 15.9 Å². The number of halogens is 2. The Morgan fingerprint density at radius 1 is 1.10 bits per heavy atom. The molecule has 0 aliphatic rings. The molecular formula is C17H17BrFNO. The highest BCUT2D eigenvalue weighted by atomic mass is 79.9. The molecule has 2 aromatic rings. The van der Waals surface area contributed by atoms with Gasteiger partial charge in [0.15, 0.2) is 0 Å². The highest BCUT2D eigenvalue weighted by Crippen LogP contribution is 2.24. The Balaban J connectivity index is 2.28. The van der Waals surface area contributed by atoms with E-state index in [1.54, 1.807) is 12.1 Å². The molecule has 0 fully saturated rings. The zero-order valence-electron chi connectivity index (χ0n) is 11.9. The van der Waals surface area contributed by atoms with Gasteiger partial charge in [-0.3, -0.25) is 4.79 Å². The lowest BCUT2D eigenvalue weighted by Crippen LogP contribution is -2.32. The summed E-state index contributed by atoms with van der Waals surface area (Å²) >= 11 is 3.23. The molecule has 0 saturated heterocycles. The van der Waals surface area contributed by atoms with Crippen LogP contribution in [0.15, 0.2) is 53.0 Å². The van der Waals surface area contributed by atoms with Gasteiger partial charge < -0.3 is 5.32 Å². The van der Waals surface area contributed by atoms with Crippen molar-refractivity contribution in [3.05, 3.63) is 69.9 Å². The topological polar surface area (TPSA) is 29.1 Å². The van der Waals surface area contributed by atoms with Gasteiger partial charge in [0.2, 0.25) is 0 Å². The number of amides is 1. The normalized spacial score (nSPS) is 12.2. The van der Waals surface area contributed by atoms with Crippen molar-refractivity contribution >= 4 is 21.8 Å². The number of nitrogens with one attached hydrogen (secondary N) is 1. The van der Waals surface area contributed by atoms with Gasteiger partial charge in [-0.25, -0.2) is 4.39 Å². The van der Waals surface area contributed by atoms with E-state index in [-0.39, 0.29) is 17.5 Å². The molecular weight excluding hydrogens is 333 g/mol. The van der Waals surface area contributed by atoms with E-state index < -0.39 is 11.7 Å². The maximum atomic E-state index is 13.9. The summed E-state index contributed by atoms with van der Waals surface area (Å²) in [5.74, 6) is -0.748. The minimum Gasteiger partial charge on any atom is -0.345 e. The summed E-state index contributed by atoms with van der Waals surface area (Å²) < 4.78 is 14.3. The van der Waals surface area contributed by atoms with Crippen molar-refractivity contribution in [1.29, 1.82) is 0 Å². The van der Waals surface area contributed by atoms with Gasteiger partial charge in [-0.15, -0.1) is 0 Å². The number of hydrogen-bond acceptors (Lipinski definition) is 1. The van der Waals surface area contributed by atoms with Gasteiger partial charge in [0.25, 0.3) is 5.91 Å². The van der Waals surface area contributed by atoms with E-state index >= 15 is 0 Å². The van der Waals surface area contributed by atoms with Crippen molar-refractivity contribution < 1.29 is 9.18 Å². The molecule has 0 aliphatic carbocycles. The number of carbonyl (C=O) groups excluding carboxylic acids is 1. The fourth-order valence-corrected chi connectivity index (χ4v) is 2.75. The molecule has 0 heterocycles. The Bertz CT molecular complexity index is 608. The third kappa shape index (κ3) is 3.70. The average Bonchev–Trinajstić information content (AvgIpc) is 2.45. The summed E-state index contributed by atoms with van der Waals surface area (Å²) in [6.45, 7) is 4.04. The van der Waals surface area contributed by atoms with Crippen LogP contribution in [0.2, 0.25) is 0 Å². The molecule has 21 heavy (non-hydrogen) atoms. The van der Waals surface area contributed by atoms with E-state index in [9.17, 15) is 9.18 Å². The van der Waals surface area contributed by atoms with Crippen LogP contribution in [0.5, 0.6) is 0 Å². The highest BCUT2D eigenvalue weighted by molar-refractivity contribution is 9.10. The van der Waals surface area contributed by atoms with Crippen molar-refractivity contribution in [2.24, 2.45) is 5.92 Å². The zero-order valence-corrected chi connectivity index (χ0v) is 13.5. The van der Waals surface area contributed by atoms with Crippen molar-refractivity contribution in [2.75, 3.05) is 0 Å². The molecule has 1 unspecified atom stereocenters. The van der Waals surface area contributed by atoms with Crippen molar-refractivity contribution in [1.82, 2.24) is 5.32 Å². The van der Waals surface area contributed by atoms with Crippen LogP contribution in [0.3, 0.4) is 0 Å². The first-order chi connectivity index (χ1) is 10.0. The summed E-state index contributed by atoms with van der Waals surface area (Å²) in [5.41, 5.74) is 1.05. The average molecular weight is 350 g/mol.